The highest BCUT2D eigenvalue weighted by molar-refractivity contribution is 5.50. The second kappa shape index (κ2) is 12.6. The molecule has 6 rings (SSSR count). The first kappa shape index (κ1) is 29.6. The number of para-hydroxylation sites is 2. The molecule has 0 saturated carbocycles. The molecule has 9 nitrogen and oxygen atoms in total. The molecule has 0 radical (unpaired) electrons. The van der Waals surface area contributed by atoms with Crippen molar-refractivity contribution in [3.63, 3.8) is 0 Å². The number of hydrogen-bond acceptors (Lipinski definition) is 7. The maximum Gasteiger partial charge on any atom is 0.331 e. The molecule has 11 heteroatoms. The summed E-state index contributed by atoms with van der Waals surface area (Å²) in [4.78, 5) is 32.0. The van der Waals surface area contributed by atoms with Crippen molar-refractivity contribution < 1.29 is 18.3 Å². The minimum absolute atomic E-state index is 0.0881. The van der Waals surface area contributed by atoms with Crippen LogP contribution >= 0.6 is 0 Å². The highest BCUT2D eigenvalue weighted by Gasteiger charge is 2.29. The van der Waals surface area contributed by atoms with Crippen molar-refractivity contribution in [2.45, 2.75) is 32.2 Å². The summed E-state index contributed by atoms with van der Waals surface area (Å²) in [6.07, 6.45) is -0.132. The van der Waals surface area contributed by atoms with E-state index in [0.29, 0.717) is 50.7 Å². The van der Waals surface area contributed by atoms with Crippen LogP contribution in [0.1, 0.15) is 22.9 Å². The predicted molar refractivity (Wildman–Crippen MR) is 164 cm³/mol. The van der Waals surface area contributed by atoms with E-state index in [-0.39, 0.29) is 24.8 Å². The summed E-state index contributed by atoms with van der Waals surface area (Å²) in [5, 5.41) is 0. The molecule has 3 heterocycles. The molecule has 2 N–H and O–H groups in total. The van der Waals surface area contributed by atoms with Gasteiger partial charge in [0.25, 0.3) is 5.56 Å². The molecule has 0 amide bonds. The van der Waals surface area contributed by atoms with Crippen LogP contribution in [0, 0.1) is 18.6 Å². The molecular formula is C33H35F2N5O4. The number of rotatable bonds is 8. The second-order valence-corrected chi connectivity index (χ2v) is 11.2. The Morgan fingerprint density at radius 3 is 2.23 bits per heavy atom. The van der Waals surface area contributed by atoms with Gasteiger partial charge < -0.3 is 20.1 Å². The lowest BCUT2D eigenvalue weighted by Crippen LogP contribution is -2.53. The van der Waals surface area contributed by atoms with Crippen LogP contribution in [0.2, 0.25) is 0 Å². The van der Waals surface area contributed by atoms with E-state index in [9.17, 15) is 18.4 Å². The van der Waals surface area contributed by atoms with Gasteiger partial charge in [-0.1, -0.05) is 48.5 Å². The number of fused-ring (bicyclic) bond motifs is 1. The smallest absolute Gasteiger partial charge is 0.331 e. The average Bonchev–Trinajstić information content (AvgIpc) is 3.03. The van der Waals surface area contributed by atoms with Crippen molar-refractivity contribution in [1.29, 1.82) is 0 Å². The van der Waals surface area contributed by atoms with E-state index in [1.807, 2.05) is 59.5 Å². The first-order valence-electron chi connectivity index (χ1n) is 14.7. The van der Waals surface area contributed by atoms with Crippen molar-refractivity contribution in [1.82, 2.24) is 14.0 Å². The highest BCUT2D eigenvalue weighted by atomic mass is 19.1. The van der Waals surface area contributed by atoms with Gasteiger partial charge in [0.2, 0.25) is 0 Å². The Morgan fingerprint density at radius 2 is 1.52 bits per heavy atom. The Hall–Kier alpha value is -4.48. The number of hydrogen-bond donors (Lipinski definition) is 1. The quantitative estimate of drug-likeness (QED) is 0.330. The molecule has 2 unspecified atom stereocenters. The number of benzene rings is 3. The molecule has 0 aliphatic carbocycles. The zero-order valence-electron chi connectivity index (χ0n) is 24.5. The van der Waals surface area contributed by atoms with E-state index in [4.69, 9.17) is 15.2 Å². The number of halogens is 2. The summed E-state index contributed by atoms with van der Waals surface area (Å²) in [5.41, 5.74) is 6.50. The third-order valence-corrected chi connectivity index (χ3v) is 8.36. The van der Waals surface area contributed by atoms with Gasteiger partial charge in [-0.2, -0.15) is 0 Å². The Kier molecular flexibility index (Phi) is 8.49. The second-order valence-electron chi connectivity index (χ2n) is 11.2. The van der Waals surface area contributed by atoms with Crippen LogP contribution in [0.3, 0.4) is 0 Å². The largest absolute Gasteiger partial charge is 0.486 e. The van der Waals surface area contributed by atoms with Gasteiger partial charge in [0.05, 0.1) is 13.1 Å². The fraction of sp³-hybridized carbons (Fsp3) is 0.333. The molecular weight excluding hydrogens is 568 g/mol. The summed E-state index contributed by atoms with van der Waals surface area (Å²) in [6, 6.07) is 19.7. The van der Waals surface area contributed by atoms with Crippen LogP contribution in [-0.2, 0) is 13.1 Å². The number of aromatic nitrogens is 2. The number of ether oxygens (including phenoxy) is 2. The Balaban J connectivity index is 1.27. The molecule has 1 fully saturated rings. The van der Waals surface area contributed by atoms with Gasteiger partial charge in [0.1, 0.15) is 30.0 Å². The van der Waals surface area contributed by atoms with E-state index < -0.39 is 28.9 Å². The fourth-order valence-corrected chi connectivity index (χ4v) is 5.94. The van der Waals surface area contributed by atoms with Crippen molar-refractivity contribution in [2.24, 2.45) is 5.73 Å². The van der Waals surface area contributed by atoms with E-state index in [1.54, 1.807) is 6.92 Å². The number of nitrogens with zero attached hydrogens (tertiary/aromatic N) is 4. The van der Waals surface area contributed by atoms with E-state index in [1.165, 1.54) is 10.6 Å². The van der Waals surface area contributed by atoms with Crippen molar-refractivity contribution in [3.8, 4) is 11.5 Å². The van der Waals surface area contributed by atoms with Crippen molar-refractivity contribution in [3.05, 3.63) is 122 Å². The third kappa shape index (κ3) is 5.97. The van der Waals surface area contributed by atoms with E-state index >= 15 is 0 Å². The van der Waals surface area contributed by atoms with E-state index in [2.05, 4.69) is 4.90 Å². The first-order chi connectivity index (χ1) is 21.3. The summed E-state index contributed by atoms with van der Waals surface area (Å²) < 4.78 is 43.8. The molecule has 44 heavy (non-hydrogen) atoms. The molecule has 0 bridgehead atoms. The zero-order chi connectivity index (χ0) is 30.8. The Labute approximate surface area is 253 Å². The predicted octanol–water partition coefficient (Wildman–Crippen LogP) is 3.31. The number of piperazine rings is 1. The SMILES string of the molecule is Cc1c(N2CCN(CC3COc4ccccc4O3)CC2)c(=O)n(CC(N)c2ccccc2)c(=O)n1Cc1c(F)cccc1F. The molecule has 2 aliphatic rings. The topological polar surface area (TPSA) is 95.0 Å². The maximum absolute atomic E-state index is 14.7. The fourth-order valence-electron chi connectivity index (χ4n) is 5.94. The minimum Gasteiger partial charge on any atom is -0.486 e. The van der Waals surface area contributed by atoms with Crippen LogP contribution in [0.4, 0.5) is 14.5 Å². The normalized spacial score (nSPS) is 17.5. The van der Waals surface area contributed by atoms with Gasteiger partial charge in [-0.05, 0) is 36.8 Å². The van der Waals surface area contributed by atoms with Gasteiger partial charge in [0.15, 0.2) is 11.5 Å². The van der Waals surface area contributed by atoms with E-state index in [0.717, 1.165) is 33.8 Å². The lowest BCUT2D eigenvalue weighted by atomic mass is 10.1. The zero-order valence-corrected chi connectivity index (χ0v) is 24.5. The first-order valence-corrected chi connectivity index (χ1v) is 14.7. The minimum atomic E-state index is -0.762. The van der Waals surface area contributed by atoms with Gasteiger partial charge in [-0.25, -0.2) is 13.6 Å². The monoisotopic (exact) mass is 603 g/mol. The van der Waals surface area contributed by atoms with Crippen LogP contribution in [-0.4, -0.2) is 59.5 Å². The van der Waals surface area contributed by atoms with Gasteiger partial charge in [-0.15, -0.1) is 0 Å². The molecule has 3 aromatic carbocycles. The summed E-state index contributed by atoms with van der Waals surface area (Å²) in [7, 11) is 0. The number of anilines is 1. The lowest BCUT2D eigenvalue weighted by molar-refractivity contribution is 0.0571. The van der Waals surface area contributed by atoms with Gasteiger partial charge in [0, 0.05) is 50.0 Å². The van der Waals surface area contributed by atoms with Gasteiger partial charge in [-0.3, -0.25) is 18.8 Å². The van der Waals surface area contributed by atoms with Crippen LogP contribution < -0.4 is 31.4 Å². The van der Waals surface area contributed by atoms with Gasteiger partial charge >= 0.3 is 5.69 Å². The Bertz CT molecular complexity index is 1730. The summed E-state index contributed by atoms with van der Waals surface area (Å²) in [6.45, 7) is 4.61. The summed E-state index contributed by atoms with van der Waals surface area (Å²) in [5.74, 6) is -0.0676. The molecule has 4 aromatic rings. The molecule has 1 saturated heterocycles. The highest BCUT2D eigenvalue weighted by Crippen LogP contribution is 2.31. The summed E-state index contributed by atoms with van der Waals surface area (Å²) >= 11 is 0. The molecule has 1 aromatic heterocycles. The Morgan fingerprint density at radius 1 is 0.864 bits per heavy atom. The number of nitrogens with two attached hydrogens (primary N) is 1. The van der Waals surface area contributed by atoms with Crippen molar-refractivity contribution in [2.75, 3.05) is 44.2 Å². The average molecular weight is 604 g/mol. The third-order valence-electron chi connectivity index (χ3n) is 8.36. The molecule has 2 atom stereocenters. The maximum atomic E-state index is 14.7. The van der Waals surface area contributed by atoms with Crippen molar-refractivity contribution >= 4 is 5.69 Å². The molecule has 0 spiro atoms. The van der Waals surface area contributed by atoms with Crippen LogP contribution in [0.15, 0.2) is 82.4 Å². The molecule has 2 aliphatic heterocycles. The molecule has 230 valence electrons. The van der Waals surface area contributed by atoms with Crippen LogP contribution in [0.5, 0.6) is 11.5 Å². The standard InChI is InChI=1S/C33H35F2N5O4/c1-22-31(38-16-14-37(15-17-38)18-24-21-43-29-12-5-6-13-30(29)44-24)32(41)40(20-28(36)23-8-3-2-4-9-23)33(42)39(22)19-25-26(34)10-7-11-27(25)35/h2-13,24,28H,14-21,36H2,1H3. The lowest BCUT2D eigenvalue weighted by Gasteiger charge is -2.38. The van der Waals surface area contributed by atoms with Crippen LogP contribution in [0.25, 0.3) is 0 Å².